The zero-order valence-corrected chi connectivity index (χ0v) is 37.2. The Kier molecular flexibility index (Phi) is 19.2. The number of nitrogen functional groups attached to an aromatic ring is 1. The summed E-state index contributed by atoms with van der Waals surface area (Å²) < 4.78 is 42.0. The van der Waals surface area contributed by atoms with Crippen molar-refractivity contribution < 1.29 is 72.3 Å². The van der Waals surface area contributed by atoms with E-state index in [2.05, 4.69) is 22.2 Å². The molecule has 23 heteroatoms. The largest absolute Gasteiger partial charge is 0.481 e. The van der Waals surface area contributed by atoms with Gasteiger partial charge in [0.1, 0.15) is 0 Å². The van der Waals surface area contributed by atoms with Crippen molar-refractivity contribution in [1.82, 2.24) is 24.5 Å². The van der Waals surface area contributed by atoms with Gasteiger partial charge in [-0.15, -0.1) is 0 Å². The number of hydrogen-bond donors (Lipinski definition) is 7. The number of likely N-dealkylation sites (tertiary alicyclic amines) is 2. The maximum Gasteiger partial charge on any atom is 0.418 e. The number of aliphatic carboxylic acids is 4. The van der Waals surface area contributed by atoms with Crippen molar-refractivity contribution in [2.45, 2.75) is 88.5 Å². The number of carbonyl (C=O) groups is 7. The lowest BCUT2D eigenvalue weighted by molar-refractivity contribution is -0.143. The van der Waals surface area contributed by atoms with E-state index in [-0.39, 0.29) is 67.6 Å². The molecule has 4 aliphatic heterocycles. The molecule has 6 rings (SSSR count). The molecule has 66 heavy (non-hydrogen) atoms. The van der Waals surface area contributed by atoms with Gasteiger partial charge in [-0.2, -0.15) is 13.2 Å². The first-order chi connectivity index (χ1) is 31.0. The average Bonchev–Trinajstić information content (AvgIpc) is 3.43. The summed E-state index contributed by atoms with van der Waals surface area (Å²) >= 11 is 6.21. The Bertz CT molecular complexity index is 2010. The second-order valence-electron chi connectivity index (χ2n) is 16.6. The van der Waals surface area contributed by atoms with Crippen LogP contribution in [-0.4, -0.2) is 169 Å². The first-order valence-electron chi connectivity index (χ1n) is 21.4. The number of urea groups is 1. The summed E-state index contributed by atoms with van der Waals surface area (Å²) in [6.45, 7) is 5.21. The maximum atomic E-state index is 14.6. The van der Waals surface area contributed by atoms with Crippen LogP contribution in [0.25, 0.3) is 0 Å². The molecule has 3 atom stereocenters. The Morgan fingerprint density at radius 2 is 1.33 bits per heavy atom. The van der Waals surface area contributed by atoms with E-state index in [0.29, 0.717) is 44.2 Å². The summed E-state index contributed by atoms with van der Waals surface area (Å²) in [5.74, 6) is -5.64. The number of nitrogens with one attached hydrogen (secondary N) is 1. The van der Waals surface area contributed by atoms with Crippen LogP contribution in [0.2, 0.25) is 5.02 Å². The number of amides is 4. The van der Waals surface area contributed by atoms with E-state index in [4.69, 9.17) is 37.8 Å². The molecule has 8 N–H and O–H groups in total. The van der Waals surface area contributed by atoms with Crippen molar-refractivity contribution in [3.05, 3.63) is 58.1 Å². The number of hydrogen-bond acceptors (Lipinski definition) is 10. The lowest BCUT2D eigenvalue weighted by Crippen LogP contribution is -2.59. The van der Waals surface area contributed by atoms with E-state index >= 15 is 0 Å². The molecule has 4 aliphatic rings. The smallest absolute Gasteiger partial charge is 0.418 e. The summed E-state index contributed by atoms with van der Waals surface area (Å²) in [5, 5.41) is 44.6. The number of nitrogens with zero attached hydrogens (tertiary/aromatic N) is 5. The molecule has 2 aromatic carbocycles. The number of para-hydroxylation sites is 1. The highest BCUT2D eigenvalue weighted by Gasteiger charge is 2.45. The molecule has 3 fully saturated rings. The van der Waals surface area contributed by atoms with Crippen LogP contribution in [0.4, 0.5) is 34.1 Å². The first-order valence-corrected chi connectivity index (χ1v) is 21.8. The molecule has 4 amide bonds. The van der Waals surface area contributed by atoms with Crippen LogP contribution in [0.15, 0.2) is 36.4 Å². The molecular formula is C43H57ClF3N7O12. The summed E-state index contributed by atoms with van der Waals surface area (Å²) in [7, 11) is 2.10. The monoisotopic (exact) mass is 955 g/mol. The normalized spacial score (nSPS) is 20.0. The van der Waals surface area contributed by atoms with Crippen LogP contribution >= 0.6 is 11.6 Å². The Morgan fingerprint density at radius 3 is 1.86 bits per heavy atom. The second-order valence-corrected chi connectivity index (χ2v) is 17.0. The molecule has 2 unspecified atom stereocenters. The van der Waals surface area contributed by atoms with Crippen molar-refractivity contribution in [3.63, 3.8) is 0 Å². The van der Waals surface area contributed by atoms with Crippen molar-refractivity contribution in [2.75, 3.05) is 70.5 Å². The number of piperazine rings is 1. The molecule has 3 saturated heterocycles. The minimum atomic E-state index is -4.78. The van der Waals surface area contributed by atoms with Crippen LogP contribution in [0.5, 0.6) is 0 Å². The summed E-state index contributed by atoms with van der Waals surface area (Å²) in [4.78, 5) is 88.8. The molecule has 0 saturated carbocycles. The SMILES string of the molecule is CN1CCN(C2CCN(C(=O)C(Cc3cc(Cl)c(N)c(C(F)(F)F)c3)[C@H]3CC(N4CCc5ccccc5NC4=O)CCN3C(=O)O)CC2)CC1.O=C(O)CCC(=O)O.O=C(O)CCC(=O)O. The Morgan fingerprint density at radius 1 is 0.788 bits per heavy atom. The molecule has 364 valence electrons. The summed E-state index contributed by atoms with van der Waals surface area (Å²) in [6.07, 6.45) is -4.78. The van der Waals surface area contributed by atoms with Gasteiger partial charge in [0.2, 0.25) is 5.91 Å². The number of carbonyl (C=O) groups excluding carboxylic acids is 2. The lowest BCUT2D eigenvalue weighted by Gasteiger charge is -2.46. The molecule has 19 nitrogen and oxygen atoms in total. The predicted molar refractivity (Wildman–Crippen MR) is 233 cm³/mol. The van der Waals surface area contributed by atoms with Gasteiger partial charge in [0.25, 0.3) is 0 Å². The summed E-state index contributed by atoms with van der Waals surface area (Å²) in [5.41, 5.74) is 5.86. The van der Waals surface area contributed by atoms with Crippen LogP contribution in [0.1, 0.15) is 68.1 Å². The predicted octanol–water partition coefficient (Wildman–Crippen LogP) is 4.81. The minimum Gasteiger partial charge on any atom is -0.481 e. The van der Waals surface area contributed by atoms with Crippen LogP contribution in [0.3, 0.4) is 0 Å². The highest BCUT2D eigenvalue weighted by atomic mass is 35.5. The zero-order valence-electron chi connectivity index (χ0n) is 36.4. The first kappa shape index (κ1) is 52.8. The number of carboxylic acid groups (broad SMARTS) is 5. The fourth-order valence-corrected chi connectivity index (χ4v) is 8.83. The van der Waals surface area contributed by atoms with Crippen LogP contribution in [0, 0.1) is 5.92 Å². The molecule has 0 aromatic heterocycles. The van der Waals surface area contributed by atoms with E-state index in [0.717, 1.165) is 50.7 Å². The number of carboxylic acids is 4. The number of fused-ring (bicyclic) bond motifs is 1. The standard InChI is InChI=1S/C35H45ClF3N7O4.2C4H6O4/c1-42-14-16-43(17-15-42)24-7-10-44(11-8-24)32(47)26(18-22-19-27(35(37,38)39)31(40)28(36)20-22)30-21-25(9-13-46(30)34(49)50)45-12-6-23-4-2-3-5-29(23)41-33(45)48;2*5-3(6)1-2-4(7)8/h2-5,19-20,24-26,30H,6-18,21,40H2,1H3,(H,41,48)(H,49,50);2*1-2H2,(H,5,6)(H,7,8)/t25?,26?,30-;;/m1../s1. The van der Waals surface area contributed by atoms with E-state index in [1.54, 1.807) is 9.80 Å². The number of piperidine rings is 2. The Labute approximate surface area is 383 Å². The van der Waals surface area contributed by atoms with Gasteiger partial charge in [-0.3, -0.25) is 28.9 Å². The fourth-order valence-electron chi connectivity index (χ4n) is 8.59. The molecular weight excluding hydrogens is 899 g/mol. The van der Waals surface area contributed by atoms with Gasteiger partial charge in [0.05, 0.1) is 47.9 Å². The molecule has 0 aliphatic carbocycles. The van der Waals surface area contributed by atoms with Gasteiger partial charge in [0, 0.05) is 76.2 Å². The van der Waals surface area contributed by atoms with E-state index in [1.807, 2.05) is 24.3 Å². The Hall–Kier alpha value is -5.87. The van der Waals surface area contributed by atoms with Gasteiger partial charge in [-0.05, 0) is 74.9 Å². The Balaban J connectivity index is 0.000000508. The highest BCUT2D eigenvalue weighted by molar-refractivity contribution is 6.33. The van der Waals surface area contributed by atoms with Crippen molar-refractivity contribution in [2.24, 2.45) is 5.92 Å². The van der Waals surface area contributed by atoms with Crippen LogP contribution < -0.4 is 11.1 Å². The number of anilines is 2. The molecule has 0 spiro atoms. The third-order valence-electron chi connectivity index (χ3n) is 12.1. The van der Waals surface area contributed by atoms with E-state index in [1.165, 1.54) is 11.0 Å². The number of halogens is 4. The van der Waals surface area contributed by atoms with Gasteiger partial charge >= 0.3 is 42.2 Å². The topological polar surface area (TPSA) is 275 Å². The van der Waals surface area contributed by atoms with E-state index in [9.17, 15) is 51.8 Å². The number of benzene rings is 2. The van der Waals surface area contributed by atoms with Crippen LogP contribution in [-0.2, 0) is 43.0 Å². The number of alkyl halides is 3. The number of likely N-dealkylation sites (N-methyl/N-ethyl adjacent to an activating group) is 1. The third kappa shape index (κ3) is 15.4. The number of rotatable bonds is 12. The average molecular weight is 956 g/mol. The molecule has 4 heterocycles. The van der Waals surface area contributed by atoms with Crippen molar-refractivity contribution in [3.8, 4) is 0 Å². The quantitative estimate of drug-likeness (QED) is 0.141. The number of nitrogens with two attached hydrogens (primary N) is 1. The molecule has 0 bridgehead atoms. The van der Waals surface area contributed by atoms with E-state index < -0.39 is 65.4 Å². The van der Waals surface area contributed by atoms with Crippen molar-refractivity contribution in [1.29, 1.82) is 0 Å². The van der Waals surface area contributed by atoms with Gasteiger partial charge in [-0.1, -0.05) is 29.8 Å². The lowest BCUT2D eigenvalue weighted by atomic mass is 9.82. The van der Waals surface area contributed by atoms with Crippen molar-refractivity contribution >= 4 is 64.9 Å². The maximum absolute atomic E-state index is 14.6. The third-order valence-corrected chi connectivity index (χ3v) is 12.4. The second kappa shape index (κ2) is 24.1. The highest BCUT2D eigenvalue weighted by Crippen LogP contribution is 2.40. The van der Waals surface area contributed by atoms with Gasteiger partial charge in [0.15, 0.2) is 0 Å². The zero-order chi connectivity index (χ0) is 48.9. The fraction of sp³-hybridized carbons (Fsp3) is 0.558. The minimum absolute atomic E-state index is 0.0625. The summed E-state index contributed by atoms with van der Waals surface area (Å²) in [6, 6.07) is 8.47. The molecule has 0 radical (unpaired) electrons. The van der Waals surface area contributed by atoms with Gasteiger partial charge in [-0.25, -0.2) is 9.59 Å². The molecule has 2 aromatic rings. The van der Waals surface area contributed by atoms with Gasteiger partial charge < -0.3 is 56.2 Å².